The molecule has 0 atom stereocenters. The van der Waals surface area contributed by atoms with Crippen molar-refractivity contribution < 1.29 is 10.0 Å². The molecule has 0 amide bonds. The summed E-state index contributed by atoms with van der Waals surface area (Å²) in [6.45, 7) is 2.45. The van der Waals surface area contributed by atoms with Gasteiger partial charge < -0.3 is 20.1 Å². The van der Waals surface area contributed by atoms with E-state index in [0.717, 1.165) is 12.8 Å². The Kier molecular flexibility index (Phi) is 3.25. The van der Waals surface area contributed by atoms with Crippen molar-refractivity contribution in [1.82, 2.24) is 9.55 Å². The third-order valence-electron chi connectivity index (χ3n) is 3.55. The van der Waals surface area contributed by atoms with Gasteiger partial charge in [-0.2, -0.15) is 0 Å². The average molecular weight is 254 g/mol. The minimum Gasteiger partial charge on any atom is -0.393 e. The van der Waals surface area contributed by atoms with E-state index in [2.05, 4.69) is 4.98 Å². The molecule has 0 spiro atoms. The molecule has 0 unspecified atom stereocenters. The molecule has 1 heterocycles. The number of aryl methyl sites for hydroxylation is 1. The van der Waals surface area contributed by atoms with Crippen LogP contribution in [0, 0.1) is 23.0 Å². The van der Waals surface area contributed by atoms with E-state index in [1.54, 1.807) is 18.5 Å². The maximum Gasteiger partial charge on any atom is 0.406 e. The standard InChI is InChI=1S/C11H18N4O3/c1-7-12-10(15(17)18)11(14(7)3)13(2)6-8-4-9(16)5-8/h8-9,16H,4-6H2,1-3H3. The number of hydrogen-bond donors (Lipinski definition) is 1. The zero-order chi connectivity index (χ0) is 13.4. The summed E-state index contributed by atoms with van der Waals surface area (Å²) in [5, 5.41) is 20.2. The van der Waals surface area contributed by atoms with Crippen LogP contribution in [-0.4, -0.2) is 39.3 Å². The van der Waals surface area contributed by atoms with Crippen LogP contribution in [0.2, 0.25) is 0 Å². The van der Waals surface area contributed by atoms with Gasteiger partial charge in [0.25, 0.3) is 0 Å². The Morgan fingerprint density at radius 1 is 1.61 bits per heavy atom. The average Bonchev–Trinajstić information content (AvgIpc) is 2.53. The van der Waals surface area contributed by atoms with Crippen LogP contribution in [0.25, 0.3) is 0 Å². The van der Waals surface area contributed by atoms with Crippen LogP contribution in [0.1, 0.15) is 18.7 Å². The van der Waals surface area contributed by atoms with Crippen molar-refractivity contribution in [2.24, 2.45) is 13.0 Å². The van der Waals surface area contributed by atoms with Crippen molar-refractivity contribution in [2.75, 3.05) is 18.5 Å². The van der Waals surface area contributed by atoms with Crippen molar-refractivity contribution >= 4 is 11.6 Å². The third kappa shape index (κ3) is 2.17. The molecule has 7 heteroatoms. The summed E-state index contributed by atoms with van der Waals surface area (Å²) < 4.78 is 1.73. The number of hydrogen-bond acceptors (Lipinski definition) is 5. The Hall–Kier alpha value is -1.63. The van der Waals surface area contributed by atoms with Crippen molar-refractivity contribution in [3.05, 3.63) is 15.9 Å². The second-order valence-electron chi connectivity index (χ2n) is 4.99. The van der Waals surface area contributed by atoms with Gasteiger partial charge in [-0.05, 0) is 28.7 Å². The summed E-state index contributed by atoms with van der Waals surface area (Å²) in [4.78, 5) is 16.4. The second kappa shape index (κ2) is 4.56. The number of rotatable bonds is 4. The van der Waals surface area contributed by atoms with E-state index in [4.69, 9.17) is 0 Å². The number of aromatic nitrogens is 2. The topological polar surface area (TPSA) is 84.4 Å². The first-order valence-corrected chi connectivity index (χ1v) is 5.97. The maximum absolute atomic E-state index is 11.0. The van der Waals surface area contributed by atoms with Gasteiger partial charge in [-0.25, -0.2) is 0 Å². The number of imidazole rings is 1. The Labute approximate surface area is 105 Å². The first-order chi connectivity index (χ1) is 8.40. The molecule has 1 aliphatic carbocycles. The molecule has 2 rings (SSSR count). The first-order valence-electron chi connectivity index (χ1n) is 5.97. The summed E-state index contributed by atoms with van der Waals surface area (Å²) >= 11 is 0. The molecule has 1 fully saturated rings. The van der Waals surface area contributed by atoms with E-state index >= 15 is 0 Å². The molecule has 0 aliphatic heterocycles. The van der Waals surface area contributed by atoms with Crippen LogP contribution in [-0.2, 0) is 7.05 Å². The summed E-state index contributed by atoms with van der Waals surface area (Å²) in [6, 6.07) is 0. The zero-order valence-electron chi connectivity index (χ0n) is 10.8. The minimum absolute atomic E-state index is 0.0997. The SMILES string of the molecule is Cc1nc([N+](=O)[O-])c(N(C)CC2CC(O)C2)n1C. The van der Waals surface area contributed by atoms with Crippen LogP contribution in [0.15, 0.2) is 0 Å². The molecule has 1 N–H and O–H groups in total. The van der Waals surface area contributed by atoms with Gasteiger partial charge >= 0.3 is 5.82 Å². The van der Waals surface area contributed by atoms with Crippen LogP contribution in [0.5, 0.6) is 0 Å². The molecular formula is C11H18N4O3. The van der Waals surface area contributed by atoms with Gasteiger partial charge in [0.15, 0.2) is 0 Å². The Morgan fingerprint density at radius 3 is 2.72 bits per heavy atom. The van der Waals surface area contributed by atoms with Crippen LogP contribution < -0.4 is 4.90 Å². The minimum atomic E-state index is -0.450. The lowest BCUT2D eigenvalue weighted by atomic mass is 9.82. The second-order valence-corrected chi connectivity index (χ2v) is 4.99. The van der Waals surface area contributed by atoms with E-state index in [-0.39, 0.29) is 11.9 Å². The van der Waals surface area contributed by atoms with E-state index in [0.29, 0.717) is 24.1 Å². The maximum atomic E-state index is 11.0. The molecule has 1 aromatic rings. The van der Waals surface area contributed by atoms with Gasteiger partial charge in [0.1, 0.15) is 0 Å². The Balaban J connectivity index is 2.18. The molecule has 100 valence electrons. The van der Waals surface area contributed by atoms with Gasteiger partial charge in [-0.1, -0.05) is 0 Å². The number of nitrogens with zero attached hydrogens (tertiary/aromatic N) is 4. The van der Waals surface area contributed by atoms with E-state index in [1.165, 1.54) is 0 Å². The van der Waals surface area contributed by atoms with E-state index < -0.39 is 4.92 Å². The first kappa shape index (κ1) is 12.8. The highest BCUT2D eigenvalue weighted by Gasteiger charge is 2.32. The molecule has 7 nitrogen and oxygen atoms in total. The molecule has 1 aliphatic rings. The summed E-state index contributed by atoms with van der Waals surface area (Å²) in [5.41, 5.74) is 0. The van der Waals surface area contributed by atoms with Crippen LogP contribution >= 0.6 is 0 Å². The fraction of sp³-hybridized carbons (Fsp3) is 0.727. The Morgan fingerprint density at radius 2 is 2.22 bits per heavy atom. The van der Waals surface area contributed by atoms with Crippen molar-refractivity contribution in [3.8, 4) is 0 Å². The number of aliphatic hydroxyl groups is 1. The fourth-order valence-electron chi connectivity index (χ4n) is 2.45. The number of anilines is 1. The molecule has 0 bridgehead atoms. The van der Waals surface area contributed by atoms with Crippen LogP contribution in [0.3, 0.4) is 0 Å². The van der Waals surface area contributed by atoms with Gasteiger partial charge in [-0.3, -0.25) is 4.57 Å². The molecule has 0 radical (unpaired) electrons. The van der Waals surface area contributed by atoms with Crippen LogP contribution in [0.4, 0.5) is 11.6 Å². The lowest BCUT2D eigenvalue weighted by Gasteiger charge is -2.34. The number of nitro groups is 1. The Bertz CT molecular complexity index is 465. The lowest BCUT2D eigenvalue weighted by molar-refractivity contribution is -0.388. The van der Waals surface area contributed by atoms with Gasteiger partial charge in [0, 0.05) is 27.6 Å². The van der Waals surface area contributed by atoms with Gasteiger partial charge in [-0.15, -0.1) is 0 Å². The van der Waals surface area contributed by atoms with Gasteiger partial charge in [0.05, 0.1) is 6.10 Å². The fourth-order valence-corrected chi connectivity index (χ4v) is 2.45. The largest absolute Gasteiger partial charge is 0.406 e. The van der Waals surface area contributed by atoms with Gasteiger partial charge in [0.2, 0.25) is 11.6 Å². The molecule has 1 aromatic heterocycles. The van der Waals surface area contributed by atoms with Crippen molar-refractivity contribution in [2.45, 2.75) is 25.9 Å². The molecule has 0 saturated heterocycles. The predicted octanol–water partition coefficient (Wildman–Crippen LogP) is 0.844. The predicted molar refractivity (Wildman–Crippen MR) is 66.6 cm³/mol. The molecular weight excluding hydrogens is 236 g/mol. The summed E-state index contributed by atoms with van der Waals surface area (Å²) in [7, 11) is 3.60. The van der Waals surface area contributed by atoms with Crippen molar-refractivity contribution in [1.29, 1.82) is 0 Å². The zero-order valence-corrected chi connectivity index (χ0v) is 10.8. The highest BCUT2D eigenvalue weighted by molar-refractivity contribution is 5.55. The lowest BCUT2D eigenvalue weighted by Crippen LogP contribution is -2.37. The monoisotopic (exact) mass is 254 g/mol. The molecule has 0 aromatic carbocycles. The highest BCUT2D eigenvalue weighted by atomic mass is 16.6. The molecule has 1 saturated carbocycles. The summed E-state index contributed by atoms with van der Waals surface area (Å²) in [6.07, 6.45) is 1.34. The van der Waals surface area contributed by atoms with E-state index in [9.17, 15) is 15.2 Å². The summed E-state index contributed by atoms with van der Waals surface area (Å²) in [5.74, 6) is 1.45. The molecule has 18 heavy (non-hydrogen) atoms. The normalized spacial score (nSPS) is 22.7. The van der Waals surface area contributed by atoms with Crippen molar-refractivity contribution in [3.63, 3.8) is 0 Å². The smallest absolute Gasteiger partial charge is 0.393 e. The third-order valence-corrected chi connectivity index (χ3v) is 3.55. The quantitative estimate of drug-likeness (QED) is 0.636. The van der Waals surface area contributed by atoms with E-state index in [1.807, 2.05) is 11.9 Å². The number of aliphatic hydroxyl groups excluding tert-OH is 1. The highest BCUT2D eigenvalue weighted by Crippen LogP contribution is 2.32.